The van der Waals surface area contributed by atoms with Gasteiger partial charge in [-0.25, -0.2) is 0 Å². The zero-order valence-electron chi connectivity index (χ0n) is 11.1. The molecule has 1 unspecified atom stereocenters. The molecular formula is C15H16ClNO2S. The van der Waals surface area contributed by atoms with Crippen LogP contribution in [0.2, 0.25) is 5.02 Å². The Kier molecular flexibility index (Phi) is 5.44. The van der Waals surface area contributed by atoms with E-state index in [-0.39, 0.29) is 11.9 Å². The summed E-state index contributed by atoms with van der Waals surface area (Å²) in [6.07, 6.45) is 0.322. The van der Waals surface area contributed by atoms with Crippen LogP contribution in [0.25, 0.3) is 0 Å². The first kappa shape index (κ1) is 14.9. The van der Waals surface area contributed by atoms with Crippen LogP contribution in [-0.2, 0) is 4.79 Å². The molecule has 0 aliphatic rings. The van der Waals surface area contributed by atoms with Gasteiger partial charge in [0, 0.05) is 9.90 Å². The fourth-order valence-electron chi connectivity index (χ4n) is 1.74. The molecule has 1 amide bonds. The van der Waals surface area contributed by atoms with Crippen molar-refractivity contribution < 1.29 is 9.53 Å². The van der Waals surface area contributed by atoms with Gasteiger partial charge >= 0.3 is 0 Å². The largest absolute Gasteiger partial charge is 0.493 e. The molecule has 1 N–H and O–H groups in total. The Hall–Kier alpha value is -1.52. The third-order valence-electron chi connectivity index (χ3n) is 2.74. The van der Waals surface area contributed by atoms with Crippen LogP contribution in [0.15, 0.2) is 41.8 Å². The van der Waals surface area contributed by atoms with Gasteiger partial charge in [0.15, 0.2) is 0 Å². The van der Waals surface area contributed by atoms with Crippen LogP contribution in [0.5, 0.6) is 5.75 Å². The second-order valence-corrected chi connectivity index (χ2v) is 5.78. The Morgan fingerprint density at radius 1 is 1.40 bits per heavy atom. The Morgan fingerprint density at radius 2 is 2.25 bits per heavy atom. The van der Waals surface area contributed by atoms with Gasteiger partial charge in [-0.05, 0) is 36.6 Å². The van der Waals surface area contributed by atoms with E-state index in [2.05, 4.69) is 5.32 Å². The highest BCUT2D eigenvalue weighted by Gasteiger charge is 2.10. The first-order chi connectivity index (χ1) is 9.65. The second-order valence-electron chi connectivity index (χ2n) is 4.36. The zero-order valence-corrected chi connectivity index (χ0v) is 12.7. The third-order valence-corrected chi connectivity index (χ3v) is 4.03. The molecule has 2 aromatic rings. The maximum atomic E-state index is 11.8. The van der Waals surface area contributed by atoms with E-state index in [1.165, 1.54) is 0 Å². The number of thiophene rings is 1. The minimum absolute atomic E-state index is 0.0204. The standard InChI is InChI=1S/C15H16ClNO2S/c1-11(14-6-3-9-20-14)17-15(18)7-8-19-13-5-2-4-12(16)10-13/h2-6,9-11H,7-8H2,1H3,(H,17,18). The Bertz CT molecular complexity index is 557. The van der Waals surface area contributed by atoms with Gasteiger partial charge < -0.3 is 10.1 Å². The summed E-state index contributed by atoms with van der Waals surface area (Å²) in [5.74, 6) is 0.657. The monoisotopic (exact) mass is 309 g/mol. The van der Waals surface area contributed by atoms with Crippen molar-refractivity contribution in [3.8, 4) is 5.75 Å². The average molecular weight is 310 g/mol. The summed E-state index contributed by atoms with van der Waals surface area (Å²) in [5.41, 5.74) is 0. The lowest BCUT2D eigenvalue weighted by molar-refractivity contribution is -0.122. The second kappa shape index (κ2) is 7.31. The van der Waals surface area contributed by atoms with Gasteiger partial charge in [0.25, 0.3) is 0 Å². The summed E-state index contributed by atoms with van der Waals surface area (Å²) in [5, 5.41) is 5.57. The molecule has 20 heavy (non-hydrogen) atoms. The van der Waals surface area contributed by atoms with Crippen molar-refractivity contribution >= 4 is 28.8 Å². The van der Waals surface area contributed by atoms with Gasteiger partial charge in [-0.1, -0.05) is 23.7 Å². The first-order valence-corrected chi connectivity index (χ1v) is 7.62. The minimum Gasteiger partial charge on any atom is -0.493 e. The van der Waals surface area contributed by atoms with E-state index in [1.54, 1.807) is 23.5 Å². The number of hydrogen-bond acceptors (Lipinski definition) is 3. The van der Waals surface area contributed by atoms with Crippen LogP contribution in [0.3, 0.4) is 0 Å². The number of ether oxygens (including phenoxy) is 1. The number of hydrogen-bond donors (Lipinski definition) is 1. The van der Waals surface area contributed by atoms with Crippen LogP contribution in [-0.4, -0.2) is 12.5 Å². The molecule has 3 nitrogen and oxygen atoms in total. The van der Waals surface area contributed by atoms with E-state index in [0.717, 1.165) is 4.88 Å². The van der Waals surface area contributed by atoms with Crippen LogP contribution < -0.4 is 10.1 Å². The highest BCUT2D eigenvalue weighted by atomic mass is 35.5. The molecule has 0 saturated carbocycles. The van der Waals surface area contributed by atoms with Crippen molar-refractivity contribution in [1.82, 2.24) is 5.32 Å². The SMILES string of the molecule is CC(NC(=O)CCOc1cccc(Cl)c1)c1cccs1. The average Bonchev–Trinajstić information content (AvgIpc) is 2.92. The molecule has 1 atom stereocenters. The predicted molar refractivity (Wildman–Crippen MR) is 82.4 cm³/mol. The highest BCUT2D eigenvalue weighted by molar-refractivity contribution is 7.10. The lowest BCUT2D eigenvalue weighted by Crippen LogP contribution is -2.27. The van der Waals surface area contributed by atoms with Crippen molar-refractivity contribution in [3.63, 3.8) is 0 Å². The molecule has 5 heteroatoms. The molecule has 1 aromatic heterocycles. The summed E-state index contributed by atoms with van der Waals surface area (Å²) in [6.45, 7) is 2.31. The van der Waals surface area contributed by atoms with Gasteiger partial charge in [0.2, 0.25) is 5.91 Å². The van der Waals surface area contributed by atoms with E-state index in [4.69, 9.17) is 16.3 Å². The van der Waals surface area contributed by atoms with E-state index in [9.17, 15) is 4.79 Å². The Labute approximate surface area is 127 Å². The number of rotatable bonds is 6. The summed E-state index contributed by atoms with van der Waals surface area (Å²) in [4.78, 5) is 12.9. The van der Waals surface area contributed by atoms with Gasteiger partial charge in [-0.3, -0.25) is 4.79 Å². The normalized spacial score (nSPS) is 11.9. The van der Waals surface area contributed by atoms with Crippen LogP contribution in [0, 0.1) is 0 Å². The minimum atomic E-state index is -0.0204. The molecule has 0 saturated heterocycles. The lowest BCUT2D eigenvalue weighted by Gasteiger charge is -2.12. The first-order valence-electron chi connectivity index (χ1n) is 6.36. The summed E-state index contributed by atoms with van der Waals surface area (Å²) < 4.78 is 5.49. The molecule has 0 aliphatic carbocycles. The highest BCUT2D eigenvalue weighted by Crippen LogP contribution is 2.19. The number of benzene rings is 1. The quantitative estimate of drug-likeness (QED) is 0.874. The molecule has 1 heterocycles. The van der Waals surface area contributed by atoms with Gasteiger partial charge in [-0.15, -0.1) is 11.3 Å². The predicted octanol–water partition coefficient (Wildman–Crippen LogP) is 4.05. The van der Waals surface area contributed by atoms with Crippen molar-refractivity contribution in [2.24, 2.45) is 0 Å². The van der Waals surface area contributed by atoms with Crippen LogP contribution in [0.1, 0.15) is 24.3 Å². The maximum absolute atomic E-state index is 11.8. The molecule has 0 radical (unpaired) electrons. The van der Waals surface area contributed by atoms with Crippen molar-refractivity contribution in [3.05, 3.63) is 51.7 Å². The lowest BCUT2D eigenvalue weighted by atomic mass is 10.2. The van der Waals surface area contributed by atoms with E-state index >= 15 is 0 Å². The molecule has 1 aromatic carbocycles. The third kappa shape index (κ3) is 4.54. The smallest absolute Gasteiger partial charge is 0.223 e. The van der Waals surface area contributed by atoms with E-state index < -0.39 is 0 Å². The van der Waals surface area contributed by atoms with Crippen molar-refractivity contribution in [1.29, 1.82) is 0 Å². The zero-order chi connectivity index (χ0) is 14.4. The molecule has 106 valence electrons. The van der Waals surface area contributed by atoms with Crippen molar-refractivity contribution in [2.75, 3.05) is 6.61 Å². The molecule has 0 aliphatic heterocycles. The molecular weight excluding hydrogens is 294 g/mol. The van der Waals surface area contributed by atoms with Gasteiger partial charge in [-0.2, -0.15) is 0 Å². The van der Waals surface area contributed by atoms with E-state index in [1.807, 2.05) is 36.6 Å². The maximum Gasteiger partial charge on any atom is 0.223 e. The Balaban J connectivity index is 1.73. The van der Waals surface area contributed by atoms with Gasteiger partial charge in [0.05, 0.1) is 19.1 Å². The Morgan fingerprint density at radius 3 is 2.95 bits per heavy atom. The van der Waals surface area contributed by atoms with Gasteiger partial charge in [0.1, 0.15) is 5.75 Å². The van der Waals surface area contributed by atoms with Crippen LogP contribution >= 0.6 is 22.9 Å². The number of carbonyl (C=O) groups is 1. The number of nitrogens with one attached hydrogen (secondary N) is 1. The fourth-order valence-corrected chi connectivity index (χ4v) is 2.66. The molecule has 0 fully saturated rings. The number of carbonyl (C=O) groups excluding carboxylic acids is 1. The fraction of sp³-hybridized carbons (Fsp3) is 0.267. The number of halogens is 1. The summed E-state index contributed by atoms with van der Waals surface area (Å²) >= 11 is 7.49. The molecule has 0 spiro atoms. The molecule has 0 bridgehead atoms. The van der Waals surface area contributed by atoms with E-state index in [0.29, 0.717) is 23.8 Å². The van der Waals surface area contributed by atoms with Crippen molar-refractivity contribution in [2.45, 2.75) is 19.4 Å². The summed E-state index contributed by atoms with van der Waals surface area (Å²) in [7, 11) is 0. The molecule has 2 rings (SSSR count). The number of amides is 1. The topological polar surface area (TPSA) is 38.3 Å². The summed E-state index contributed by atoms with van der Waals surface area (Å²) in [6, 6.07) is 11.2. The van der Waals surface area contributed by atoms with Crippen LogP contribution in [0.4, 0.5) is 0 Å².